The van der Waals surface area contributed by atoms with Gasteiger partial charge < -0.3 is 9.55 Å². The summed E-state index contributed by atoms with van der Waals surface area (Å²) in [5.41, 5.74) is 0.566. The highest BCUT2D eigenvalue weighted by Gasteiger charge is 2.31. The molecule has 0 spiro atoms. The average molecular weight is 267 g/mol. The molecule has 0 aromatic heterocycles. The van der Waals surface area contributed by atoms with Gasteiger partial charge in [0.1, 0.15) is 0 Å². The van der Waals surface area contributed by atoms with E-state index < -0.39 is 17.5 Å². The fourth-order valence-electron chi connectivity index (χ4n) is 2.29. The highest BCUT2D eigenvalue weighted by atomic mass is 19.2. The van der Waals surface area contributed by atoms with Gasteiger partial charge in [-0.1, -0.05) is 13.7 Å². The molecule has 3 nitrogen and oxygen atoms in total. The van der Waals surface area contributed by atoms with Crippen molar-refractivity contribution in [2.75, 3.05) is 13.6 Å². The molecule has 1 aliphatic heterocycles. The fraction of sp³-hybridized carbons (Fsp3) is 0.462. The molecule has 0 saturated heterocycles. The molecule has 0 fully saturated rings. The third-order valence-electron chi connectivity index (χ3n) is 3.39. The Morgan fingerprint density at radius 1 is 1.47 bits per heavy atom. The van der Waals surface area contributed by atoms with E-state index in [1.165, 1.54) is 11.0 Å². The van der Waals surface area contributed by atoms with Gasteiger partial charge in [0.15, 0.2) is 11.6 Å². The lowest BCUT2D eigenvalue weighted by atomic mass is 9.64. The summed E-state index contributed by atoms with van der Waals surface area (Å²) < 4.78 is 33.1. The quantitative estimate of drug-likeness (QED) is 0.781. The molecule has 2 rings (SSSR count). The number of fused-ring (bicyclic) bond motifs is 1. The number of rotatable bonds is 3. The largest absolute Gasteiger partial charge is 0.427 e. The highest BCUT2D eigenvalue weighted by Crippen LogP contribution is 2.21. The Bertz CT molecular complexity index is 522. The van der Waals surface area contributed by atoms with Crippen LogP contribution in [-0.4, -0.2) is 31.3 Å². The first-order valence-electron chi connectivity index (χ1n) is 6.35. The number of benzene rings is 1. The molecule has 1 aliphatic rings. The molecule has 6 heteroatoms. The first-order valence-corrected chi connectivity index (χ1v) is 6.35. The van der Waals surface area contributed by atoms with E-state index in [1.807, 2.05) is 6.92 Å². The van der Waals surface area contributed by atoms with Gasteiger partial charge in [-0.2, -0.15) is 0 Å². The summed E-state index contributed by atoms with van der Waals surface area (Å²) in [6.07, 6.45) is 0.761. The van der Waals surface area contributed by atoms with Gasteiger partial charge in [0, 0.05) is 19.2 Å². The monoisotopic (exact) mass is 267 g/mol. The molecule has 0 N–H and O–H groups in total. The van der Waals surface area contributed by atoms with Crippen LogP contribution >= 0.6 is 0 Å². The van der Waals surface area contributed by atoms with Crippen molar-refractivity contribution < 1.29 is 18.2 Å². The molecule has 1 amide bonds. The lowest BCUT2D eigenvalue weighted by Gasteiger charge is -2.17. The predicted molar refractivity (Wildman–Crippen MR) is 69.7 cm³/mol. The van der Waals surface area contributed by atoms with Gasteiger partial charge in [0.05, 0.1) is 12.2 Å². The zero-order valence-corrected chi connectivity index (χ0v) is 11.3. The first kappa shape index (κ1) is 14.0. The lowest BCUT2D eigenvalue weighted by Crippen LogP contribution is -2.32. The van der Waals surface area contributed by atoms with Gasteiger partial charge in [-0.05, 0) is 17.9 Å². The van der Waals surface area contributed by atoms with E-state index in [9.17, 15) is 13.6 Å². The van der Waals surface area contributed by atoms with Crippen molar-refractivity contribution in [1.82, 2.24) is 4.90 Å². The van der Waals surface area contributed by atoms with Crippen LogP contribution in [0.15, 0.2) is 6.07 Å². The predicted octanol–water partition coefficient (Wildman–Crippen LogP) is 1.81. The summed E-state index contributed by atoms with van der Waals surface area (Å²) >= 11 is 0. The molecule has 0 bridgehead atoms. The molecule has 0 atom stereocenters. The van der Waals surface area contributed by atoms with Crippen molar-refractivity contribution in [3.63, 3.8) is 0 Å². The third-order valence-corrected chi connectivity index (χ3v) is 3.39. The first-order chi connectivity index (χ1) is 8.97. The van der Waals surface area contributed by atoms with Gasteiger partial charge in [-0.15, -0.1) is 0 Å². The number of hydrogen-bond acceptors (Lipinski definition) is 2. The van der Waals surface area contributed by atoms with Crippen LogP contribution in [0.2, 0.25) is 6.82 Å². The summed E-state index contributed by atoms with van der Waals surface area (Å²) in [7, 11) is 1.58. The molecular weight excluding hydrogens is 251 g/mol. The molecular formula is C13H16BF2NO2. The maximum absolute atomic E-state index is 14.0. The van der Waals surface area contributed by atoms with Crippen molar-refractivity contribution in [3.05, 3.63) is 28.8 Å². The number of amides is 1. The number of nitrogens with zero attached hydrogens (tertiary/aromatic N) is 1. The maximum atomic E-state index is 14.0. The van der Waals surface area contributed by atoms with Crippen LogP contribution in [-0.2, 0) is 11.3 Å². The normalized spacial score (nSPS) is 13.6. The Morgan fingerprint density at radius 2 is 2.16 bits per heavy atom. The smallest absolute Gasteiger partial charge is 0.324 e. The molecule has 19 heavy (non-hydrogen) atoms. The van der Waals surface area contributed by atoms with E-state index in [0.29, 0.717) is 12.0 Å². The third kappa shape index (κ3) is 2.37. The highest BCUT2D eigenvalue weighted by molar-refractivity contribution is 6.67. The summed E-state index contributed by atoms with van der Waals surface area (Å²) in [5, 5.41) is 0. The van der Waals surface area contributed by atoms with Crippen molar-refractivity contribution in [2.24, 2.45) is 0 Å². The van der Waals surface area contributed by atoms with Crippen LogP contribution in [0, 0.1) is 11.6 Å². The Kier molecular flexibility index (Phi) is 3.89. The Balaban J connectivity index is 2.45. The van der Waals surface area contributed by atoms with Crippen LogP contribution in [0.25, 0.3) is 0 Å². The summed E-state index contributed by atoms with van der Waals surface area (Å²) in [5.74, 6) is -2.54. The second-order valence-corrected chi connectivity index (χ2v) is 4.80. The van der Waals surface area contributed by atoms with Crippen LogP contribution in [0.4, 0.5) is 8.78 Å². The Morgan fingerprint density at radius 3 is 2.79 bits per heavy atom. The standard InChI is InChI=1S/C13H16BF2NO2/c1-4-5-17(3)13(18)8-6-10-9(7-19-14(10)2)12(16)11(8)15/h6H,4-5,7H2,1-3H3. The molecule has 0 unspecified atom stereocenters. The van der Waals surface area contributed by atoms with Crippen molar-refractivity contribution in [2.45, 2.75) is 26.8 Å². The number of carbonyl (C=O) groups is 1. The zero-order valence-electron chi connectivity index (χ0n) is 11.3. The number of hydrogen-bond donors (Lipinski definition) is 0. The van der Waals surface area contributed by atoms with Gasteiger partial charge in [-0.3, -0.25) is 4.79 Å². The van der Waals surface area contributed by atoms with E-state index >= 15 is 0 Å². The van der Waals surface area contributed by atoms with Gasteiger partial charge in [-0.25, -0.2) is 8.78 Å². The maximum Gasteiger partial charge on any atom is 0.324 e. The molecule has 1 aromatic rings. The SMILES string of the molecule is CCCN(C)C(=O)c1cc2c(c(F)c1F)COB2C. The van der Waals surface area contributed by atoms with Crippen molar-refractivity contribution in [1.29, 1.82) is 0 Å². The molecule has 1 aromatic carbocycles. The lowest BCUT2D eigenvalue weighted by molar-refractivity contribution is 0.0789. The minimum atomic E-state index is -1.08. The van der Waals surface area contributed by atoms with Crippen LogP contribution in [0.1, 0.15) is 29.3 Å². The summed E-state index contributed by atoms with van der Waals surface area (Å²) in [6.45, 7) is 3.92. The van der Waals surface area contributed by atoms with Gasteiger partial charge in [0.2, 0.25) is 0 Å². The minimum Gasteiger partial charge on any atom is -0.427 e. The van der Waals surface area contributed by atoms with E-state index in [1.54, 1.807) is 13.9 Å². The van der Waals surface area contributed by atoms with E-state index in [2.05, 4.69) is 0 Å². The zero-order chi connectivity index (χ0) is 14.2. The van der Waals surface area contributed by atoms with E-state index in [4.69, 9.17) is 4.65 Å². The Hall–Kier alpha value is -1.43. The van der Waals surface area contributed by atoms with Crippen LogP contribution < -0.4 is 5.46 Å². The average Bonchev–Trinajstić information content (AvgIpc) is 2.75. The number of halogens is 2. The fourth-order valence-corrected chi connectivity index (χ4v) is 2.29. The molecule has 102 valence electrons. The summed E-state index contributed by atoms with van der Waals surface area (Å²) in [4.78, 5) is 13.5. The van der Waals surface area contributed by atoms with Crippen LogP contribution in [0.5, 0.6) is 0 Å². The minimum absolute atomic E-state index is 0.0541. The van der Waals surface area contributed by atoms with Crippen molar-refractivity contribution >= 4 is 18.3 Å². The second kappa shape index (κ2) is 5.29. The molecule has 0 radical (unpaired) electrons. The second-order valence-electron chi connectivity index (χ2n) is 4.80. The van der Waals surface area contributed by atoms with Gasteiger partial charge in [0.25, 0.3) is 5.91 Å². The van der Waals surface area contributed by atoms with E-state index in [0.717, 1.165) is 6.42 Å². The molecule has 0 aliphatic carbocycles. The summed E-state index contributed by atoms with van der Waals surface area (Å²) in [6, 6.07) is 1.42. The van der Waals surface area contributed by atoms with Crippen LogP contribution in [0.3, 0.4) is 0 Å². The number of carbonyl (C=O) groups excluding carboxylic acids is 1. The molecule has 1 heterocycles. The molecule has 0 saturated carbocycles. The topological polar surface area (TPSA) is 29.5 Å². The van der Waals surface area contributed by atoms with Crippen molar-refractivity contribution in [3.8, 4) is 0 Å². The Labute approximate surface area is 111 Å². The van der Waals surface area contributed by atoms with E-state index in [-0.39, 0.29) is 24.6 Å². The van der Waals surface area contributed by atoms with Gasteiger partial charge >= 0.3 is 6.92 Å².